The van der Waals surface area contributed by atoms with Crippen LogP contribution >= 0.6 is 0 Å². The van der Waals surface area contributed by atoms with Gasteiger partial charge in [0.1, 0.15) is 11.5 Å². The summed E-state index contributed by atoms with van der Waals surface area (Å²) in [6.07, 6.45) is 0.174. The molecule has 0 radical (unpaired) electrons. The quantitative estimate of drug-likeness (QED) is 0.766. The van der Waals surface area contributed by atoms with E-state index in [4.69, 9.17) is 14.2 Å². The van der Waals surface area contributed by atoms with Crippen molar-refractivity contribution in [2.24, 2.45) is 0 Å². The Morgan fingerprint density at radius 2 is 1.81 bits per heavy atom. The van der Waals surface area contributed by atoms with Crippen molar-refractivity contribution >= 4 is 11.8 Å². The number of amides is 2. The normalized spacial score (nSPS) is 20.9. The van der Waals surface area contributed by atoms with Gasteiger partial charge in [-0.15, -0.1) is 0 Å². The second-order valence-electron chi connectivity index (χ2n) is 6.70. The summed E-state index contributed by atoms with van der Waals surface area (Å²) in [6, 6.07) is 5.18. The highest BCUT2D eigenvalue weighted by Crippen LogP contribution is 2.25. The maximum absolute atomic E-state index is 12.6. The number of rotatable bonds is 6. The molecular formula is C19H27N3O5. The first-order valence-electron chi connectivity index (χ1n) is 9.20. The number of methoxy groups -OCH3 is 2. The zero-order valence-corrected chi connectivity index (χ0v) is 15.9. The van der Waals surface area contributed by atoms with Crippen LogP contribution in [0.15, 0.2) is 18.2 Å². The highest BCUT2D eigenvalue weighted by molar-refractivity contribution is 5.88. The van der Waals surface area contributed by atoms with Gasteiger partial charge in [0, 0.05) is 38.8 Å². The molecule has 1 aromatic carbocycles. The Morgan fingerprint density at radius 3 is 2.44 bits per heavy atom. The Morgan fingerprint density at radius 1 is 1.15 bits per heavy atom. The van der Waals surface area contributed by atoms with Gasteiger partial charge >= 0.3 is 0 Å². The largest absolute Gasteiger partial charge is 0.497 e. The molecule has 0 aromatic heterocycles. The van der Waals surface area contributed by atoms with Gasteiger partial charge < -0.3 is 24.4 Å². The van der Waals surface area contributed by atoms with Crippen molar-refractivity contribution in [3.63, 3.8) is 0 Å². The standard InChI is InChI=1S/C19H27N3O5/c1-25-15-9-14(10-16(11-15)26-2)13-22-4-3-20-19(24)17(22)12-18(23)21-5-7-27-8-6-21/h9-11,17H,3-8,12-13H2,1-2H3,(H,20,24). The summed E-state index contributed by atoms with van der Waals surface area (Å²) in [5.41, 5.74) is 0.977. The van der Waals surface area contributed by atoms with E-state index in [2.05, 4.69) is 5.32 Å². The third-order valence-electron chi connectivity index (χ3n) is 4.97. The van der Waals surface area contributed by atoms with Crippen molar-refractivity contribution in [3.8, 4) is 11.5 Å². The molecule has 0 bridgehead atoms. The first-order valence-corrected chi connectivity index (χ1v) is 9.20. The van der Waals surface area contributed by atoms with Crippen molar-refractivity contribution in [3.05, 3.63) is 23.8 Å². The van der Waals surface area contributed by atoms with E-state index in [1.165, 1.54) is 0 Å². The fourth-order valence-corrected chi connectivity index (χ4v) is 3.47. The third kappa shape index (κ3) is 4.90. The predicted octanol–water partition coefficient (Wildman–Crippen LogP) is 0.253. The number of nitrogens with one attached hydrogen (secondary N) is 1. The van der Waals surface area contributed by atoms with E-state index in [1.807, 2.05) is 23.1 Å². The summed E-state index contributed by atoms with van der Waals surface area (Å²) in [4.78, 5) is 28.9. The molecule has 2 fully saturated rings. The van der Waals surface area contributed by atoms with Crippen LogP contribution in [-0.2, 0) is 20.9 Å². The van der Waals surface area contributed by atoms with Crippen molar-refractivity contribution in [1.82, 2.24) is 15.1 Å². The summed E-state index contributed by atoms with van der Waals surface area (Å²) in [5.74, 6) is 1.30. The first-order chi connectivity index (χ1) is 13.1. The maximum Gasteiger partial charge on any atom is 0.237 e. The van der Waals surface area contributed by atoms with Crippen LogP contribution in [0.4, 0.5) is 0 Å². The minimum atomic E-state index is -0.480. The molecule has 1 atom stereocenters. The molecule has 0 aliphatic carbocycles. The van der Waals surface area contributed by atoms with Crippen LogP contribution in [0.1, 0.15) is 12.0 Å². The van der Waals surface area contributed by atoms with Gasteiger partial charge in [-0.1, -0.05) is 0 Å². The number of piperazine rings is 1. The summed E-state index contributed by atoms with van der Waals surface area (Å²) >= 11 is 0. The Kier molecular flexibility index (Phi) is 6.52. The van der Waals surface area contributed by atoms with Crippen LogP contribution in [-0.4, -0.2) is 81.3 Å². The lowest BCUT2D eigenvalue weighted by molar-refractivity contribution is -0.141. The highest BCUT2D eigenvalue weighted by Gasteiger charge is 2.33. The smallest absolute Gasteiger partial charge is 0.237 e. The lowest BCUT2D eigenvalue weighted by Gasteiger charge is -2.36. The van der Waals surface area contributed by atoms with Gasteiger partial charge in [0.25, 0.3) is 0 Å². The number of carbonyl (C=O) groups is 2. The summed E-state index contributed by atoms with van der Waals surface area (Å²) in [7, 11) is 3.22. The number of morpholine rings is 1. The number of carbonyl (C=O) groups excluding carboxylic acids is 2. The third-order valence-corrected chi connectivity index (χ3v) is 4.97. The van der Waals surface area contributed by atoms with E-state index < -0.39 is 6.04 Å². The molecule has 3 rings (SSSR count). The highest BCUT2D eigenvalue weighted by atomic mass is 16.5. The summed E-state index contributed by atoms with van der Waals surface area (Å²) < 4.78 is 16.0. The van der Waals surface area contributed by atoms with Gasteiger partial charge in [-0.25, -0.2) is 0 Å². The Bertz CT molecular complexity index is 653. The van der Waals surface area contributed by atoms with Crippen LogP contribution in [0.2, 0.25) is 0 Å². The monoisotopic (exact) mass is 377 g/mol. The molecule has 2 heterocycles. The van der Waals surface area contributed by atoms with Crippen molar-refractivity contribution < 1.29 is 23.8 Å². The second-order valence-corrected chi connectivity index (χ2v) is 6.70. The van der Waals surface area contributed by atoms with E-state index in [1.54, 1.807) is 19.1 Å². The number of nitrogens with zero attached hydrogens (tertiary/aromatic N) is 2. The SMILES string of the molecule is COc1cc(CN2CCNC(=O)C2CC(=O)N2CCOCC2)cc(OC)c1. The Hall–Kier alpha value is -2.32. The fraction of sp³-hybridized carbons (Fsp3) is 0.579. The molecule has 8 heteroatoms. The van der Waals surface area contributed by atoms with Crippen LogP contribution < -0.4 is 14.8 Å². The van der Waals surface area contributed by atoms with Gasteiger partial charge in [-0.3, -0.25) is 14.5 Å². The molecule has 2 saturated heterocycles. The molecule has 2 aliphatic rings. The van der Waals surface area contributed by atoms with Gasteiger partial charge in [0.2, 0.25) is 11.8 Å². The zero-order valence-electron chi connectivity index (χ0n) is 15.9. The Labute approximate surface area is 159 Å². The molecule has 2 amide bonds. The van der Waals surface area contributed by atoms with E-state index in [9.17, 15) is 9.59 Å². The molecule has 1 N–H and O–H groups in total. The molecule has 27 heavy (non-hydrogen) atoms. The Balaban J connectivity index is 1.72. The average molecular weight is 377 g/mol. The second kappa shape index (κ2) is 9.05. The first kappa shape index (κ1) is 19.4. The molecule has 1 unspecified atom stereocenters. The molecule has 0 spiro atoms. The van der Waals surface area contributed by atoms with Gasteiger partial charge in [-0.05, 0) is 17.7 Å². The van der Waals surface area contributed by atoms with E-state index >= 15 is 0 Å². The lowest BCUT2D eigenvalue weighted by Crippen LogP contribution is -2.56. The predicted molar refractivity (Wildman–Crippen MR) is 98.8 cm³/mol. The average Bonchev–Trinajstić information content (AvgIpc) is 2.70. The maximum atomic E-state index is 12.6. The number of benzene rings is 1. The minimum Gasteiger partial charge on any atom is -0.497 e. The topological polar surface area (TPSA) is 80.3 Å². The van der Waals surface area contributed by atoms with Crippen LogP contribution in [0.3, 0.4) is 0 Å². The molecule has 1 aromatic rings. The lowest BCUT2D eigenvalue weighted by atomic mass is 10.1. The van der Waals surface area contributed by atoms with E-state index in [0.29, 0.717) is 57.4 Å². The van der Waals surface area contributed by atoms with Crippen LogP contribution in [0.5, 0.6) is 11.5 Å². The van der Waals surface area contributed by atoms with Gasteiger partial charge in [0.15, 0.2) is 0 Å². The number of ether oxygens (including phenoxy) is 3. The van der Waals surface area contributed by atoms with Crippen LogP contribution in [0, 0.1) is 0 Å². The molecule has 148 valence electrons. The molecule has 0 saturated carbocycles. The summed E-state index contributed by atoms with van der Waals surface area (Å²) in [6.45, 7) is 4.07. The number of hydrogen-bond acceptors (Lipinski definition) is 6. The van der Waals surface area contributed by atoms with Gasteiger partial charge in [0.05, 0.1) is 39.9 Å². The van der Waals surface area contributed by atoms with Crippen molar-refractivity contribution in [2.45, 2.75) is 19.0 Å². The summed E-state index contributed by atoms with van der Waals surface area (Å²) in [5, 5.41) is 2.88. The number of hydrogen-bond donors (Lipinski definition) is 1. The van der Waals surface area contributed by atoms with E-state index in [0.717, 1.165) is 5.56 Å². The van der Waals surface area contributed by atoms with Crippen molar-refractivity contribution in [1.29, 1.82) is 0 Å². The molecule has 2 aliphatic heterocycles. The van der Waals surface area contributed by atoms with E-state index in [-0.39, 0.29) is 18.2 Å². The van der Waals surface area contributed by atoms with Crippen LogP contribution in [0.25, 0.3) is 0 Å². The minimum absolute atomic E-state index is 0.00595. The molecule has 8 nitrogen and oxygen atoms in total. The van der Waals surface area contributed by atoms with Crippen molar-refractivity contribution in [2.75, 3.05) is 53.6 Å². The zero-order chi connectivity index (χ0) is 19.2. The van der Waals surface area contributed by atoms with Gasteiger partial charge in [-0.2, -0.15) is 0 Å². The fourth-order valence-electron chi connectivity index (χ4n) is 3.47. The molecular weight excluding hydrogens is 350 g/mol.